The minimum atomic E-state index is -0.339. The van der Waals surface area contributed by atoms with Crippen molar-refractivity contribution in [3.63, 3.8) is 0 Å². The second-order valence-corrected chi connectivity index (χ2v) is 4.70. The van der Waals surface area contributed by atoms with E-state index in [0.29, 0.717) is 19.0 Å². The van der Waals surface area contributed by atoms with E-state index >= 15 is 0 Å². The molecule has 0 spiro atoms. The zero-order valence-corrected chi connectivity index (χ0v) is 11.3. The second kappa shape index (κ2) is 7.40. The summed E-state index contributed by atoms with van der Waals surface area (Å²) in [5.41, 5.74) is 0.748. The fraction of sp³-hybridized carbons (Fsp3) is 0.643. The van der Waals surface area contributed by atoms with Gasteiger partial charge in [0.2, 0.25) is 5.88 Å². The highest BCUT2D eigenvalue weighted by atomic mass is 19.1. The van der Waals surface area contributed by atoms with Crippen molar-refractivity contribution in [1.82, 2.24) is 10.3 Å². The molecule has 106 valence electrons. The molecular formula is C14H21FN2O2. The molecule has 1 aromatic heterocycles. The maximum atomic E-state index is 13.2. The lowest BCUT2D eigenvalue weighted by Crippen LogP contribution is -2.26. The number of pyridine rings is 1. The van der Waals surface area contributed by atoms with Gasteiger partial charge in [0.05, 0.1) is 12.3 Å². The summed E-state index contributed by atoms with van der Waals surface area (Å²) in [5, 5.41) is 3.15. The number of halogens is 1. The van der Waals surface area contributed by atoms with E-state index in [-0.39, 0.29) is 11.9 Å². The maximum absolute atomic E-state index is 13.2. The Morgan fingerprint density at radius 1 is 1.53 bits per heavy atom. The zero-order chi connectivity index (χ0) is 13.5. The fourth-order valence-electron chi connectivity index (χ4n) is 2.10. The average Bonchev–Trinajstić information content (AvgIpc) is 2.45. The average molecular weight is 268 g/mol. The standard InChI is InChI=1S/C14H21FN2O2/c1-2-16-8-11-7-12(15)9-17-14(11)19-10-13-5-3-4-6-18-13/h7,9,13,16H,2-6,8,10H2,1H3. The predicted octanol–water partition coefficient (Wildman–Crippen LogP) is 2.28. The lowest BCUT2D eigenvalue weighted by atomic mass is 10.1. The summed E-state index contributed by atoms with van der Waals surface area (Å²) >= 11 is 0. The molecule has 2 rings (SSSR count). The van der Waals surface area contributed by atoms with E-state index in [2.05, 4.69) is 10.3 Å². The summed E-state index contributed by atoms with van der Waals surface area (Å²) in [7, 11) is 0. The molecule has 0 aliphatic carbocycles. The van der Waals surface area contributed by atoms with Crippen LogP contribution in [0.3, 0.4) is 0 Å². The van der Waals surface area contributed by atoms with Crippen LogP contribution in [0.15, 0.2) is 12.3 Å². The molecule has 1 atom stereocenters. The van der Waals surface area contributed by atoms with E-state index in [0.717, 1.165) is 31.6 Å². The topological polar surface area (TPSA) is 43.4 Å². The third-order valence-corrected chi connectivity index (χ3v) is 3.14. The Morgan fingerprint density at radius 2 is 2.42 bits per heavy atom. The van der Waals surface area contributed by atoms with Crippen molar-refractivity contribution in [1.29, 1.82) is 0 Å². The molecule has 0 amide bonds. The summed E-state index contributed by atoms with van der Waals surface area (Å²) < 4.78 is 24.5. The molecule has 1 saturated heterocycles. The van der Waals surface area contributed by atoms with E-state index in [4.69, 9.17) is 9.47 Å². The van der Waals surface area contributed by atoms with Crippen LogP contribution in [0.25, 0.3) is 0 Å². The van der Waals surface area contributed by atoms with Gasteiger partial charge in [0.1, 0.15) is 12.4 Å². The first-order valence-electron chi connectivity index (χ1n) is 6.89. The quantitative estimate of drug-likeness (QED) is 0.859. The molecule has 1 N–H and O–H groups in total. The van der Waals surface area contributed by atoms with Gasteiger partial charge in [-0.05, 0) is 31.9 Å². The van der Waals surface area contributed by atoms with Crippen molar-refractivity contribution >= 4 is 0 Å². The van der Waals surface area contributed by atoms with E-state index in [1.807, 2.05) is 6.92 Å². The van der Waals surface area contributed by atoms with Crippen molar-refractivity contribution in [2.24, 2.45) is 0 Å². The predicted molar refractivity (Wildman–Crippen MR) is 70.7 cm³/mol. The molecule has 1 aliphatic rings. The first kappa shape index (κ1) is 14.2. The maximum Gasteiger partial charge on any atom is 0.218 e. The molecule has 4 nitrogen and oxygen atoms in total. The van der Waals surface area contributed by atoms with Crippen LogP contribution >= 0.6 is 0 Å². The zero-order valence-electron chi connectivity index (χ0n) is 11.3. The minimum Gasteiger partial charge on any atom is -0.475 e. The Balaban J connectivity index is 1.93. The van der Waals surface area contributed by atoms with E-state index in [1.165, 1.54) is 18.7 Å². The molecule has 5 heteroatoms. The second-order valence-electron chi connectivity index (χ2n) is 4.70. The lowest BCUT2D eigenvalue weighted by molar-refractivity contribution is -0.0121. The minimum absolute atomic E-state index is 0.132. The summed E-state index contributed by atoms with van der Waals surface area (Å²) in [6.45, 7) is 4.67. The van der Waals surface area contributed by atoms with Crippen LogP contribution in [0.5, 0.6) is 5.88 Å². The van der Waals surface area contributed by atoms with Crippen molar-refractivity contribution < 1.29 is 13.9 Å². The Bertz CT molecular complexity index is 395. The van der Waals surface area contributed by atoms with Crippen LogP contribution in [-0.2, 0) is 11.3 Å². The molecule has 0 radical (unpaired) electrons. The lowest BCUT2D eigenvalue weighted by Gasteiger charge is -2.22. The Kier molecular flexibility index (Phi) is 5.54. The third-order valence-electron chi connectivity index (χ3n) is 3.14. The number of hydrogen-bond donors (Lipinski definition) is 1. The molecule has 1 fully saturated rings. The van der Waals surface area contributed by atoms with Crippen LogP contribution in [0.1, 0.15) is 31.7 Å². The number of rotatable bonds is 6. The van der Waals surface area contributed by atoms with Gasteiger partial charge in [-0.2, -0.15) is 0 Å². The van der Waals surface area contributed by atoms with Gasteiger partial charge in [-0.15, -0.1) is 0 Å². The highest BCUT2D eigenvalue weighted by Crippen LogP contribution is 2.18. The Hall–Kier alpha value is -1.20. The van der Waals surface area contributed by atoms with Gasteiger partial charge in [0.15, 0.2) is 0 Å². The Morgan fingerprint density at radius 3 is 3.16 bits per heavy atom. The smallest absolute Gasteiger partial charge is 0.218 e. The number of hydrogen-bond acceptors (Lipinski definition) is 4. The van der Waals surface area contributed by atoms with Crippen molar-refractivity contribution in [2.45, 2.75) is 38.8 Å². The van der Waals surface area contributed by atoms with Gasteiger partial charge in [-0.1, -0.05) is 6.92 Å². The molecule has 0 aromatic carbocycles. The highest BCUT2D eigenvalue weighted by Gasteiger charge is 2.16. The number of ether oxygens (including phenoxy) is 2. The molecular weight excluding hydrogens is 247 g/mol. The van der Waals surface area contributed by atoms with E-state index in [1.54, 1.807) is 0 Å². The Labute approximate surface area is 113 Å². The van der Waals surface area contributed by atoms with Crippen LogP contribution in [0, 0.1) is 5.82 Å². The number of aromatic nitrogens is 1. The third kappa shape index (κ3) is 4.44. The molecule has 0 bridgehead atoms. The molecule has 19 heavy (non-hydrogen) atoms. The van der Waals surface area contributed by atoms with Gasteiger partial charge < -0.3 is 14.8 Å². The van der Waals surface area contributed by atoms with E-state index < -0.39 is 0 Å². The summed E-state index contributed by atoms with van der Waals surface area (Å²) in [6, 6.07) is 1.47. The van der Waals surface area contributed by atoms with Gasteiger partial charge in [-0.3, -0.25) is 0 Å². The molecule has 1 aliphatic heterocycles. The summed E-state index contributed by atoms with van der Waals surface area (Å²) in [6.07, 6.45) is 4.63. The normalized spacial score (nSPS) is 19.4. The molecule has 1 aromatic rings. The molecule has 0 saturated carbocycles. The number of nitrogens with one attached hydrogen (secondary N) is 1. The first-order chi connectivity index (χ1) is 9.29. The fourth-order valence-corrected chi connectivity index (χ4v) is 2.10. The molecule has 1 unspecified atom stereocenters. The first-order valence-corrected chi connectivity index (χ1v) is 6.89. The SMILES string of the molecule is CCNCc1cc(F)cnc1OCC1CCCCO1. The largest absolute Gasteiger partial charge is 0.475 e. The van der Waals surface area contributed by atoms with Gasteiger partial charge in [0.25, 0.3) is 0 Å². The van der Waals surface area contributed by atoms with E-state index in [9.17, 15) is 4.39 Å². The highest BCUT2D eigenvalue weighted by molar-refractivity contribution is 5.26. The summed E-state index contributed by atoms with van der Waals surface area (Å²) in [4.78, 5) is 4.02. The van der Waals surface area contributed by atoms with Crippen molar-refractivity contribution in [3.8, 4) is 5.88 Å². The number of nitrogens with zero attached hydrogens (tertiary/aromatic N) is 1. The van der Waals surface area contributed by atoms with Gasteiger partial charge in [-0.25, -0.2) is 9.37 Å². The van der Waals surface area contributed by atoms with Gasteiger partial charge >= 0.3 is 0 Å². The monoisotopic (exact) mass is 268 g/mol. The molecule has 2 heterocycles. The van der Waals surface area contributed by atoms with Crippen molar-refractivity contribution in [2.75, 3.05) is 19.8 Å². The summed E-state index contributed by atoms with van der Waals surface area (Å²) in [5.74, 6) is 0.158. The van der Waals surface area contributed by atoms with Crippen LogP contribution < -0.4 is 10.1 Å². The van der Waals surface area contributed by atoms with Crippen LogP contribution in [0.2, 0.25) is 0 Å². The van der Waals surface area contributed by atoms with Crippen LogP contribution in [0.4, 0.5) is 4.39 Å². The van der Waals surface area contributed by atoms with Crippen LogP contribution in [-0.4, -0.2) is 30.8 Å². The van der Waals surface area contributed by atoms with Gasteiger partial charge in [0, 0.05) is 18.7 Å². The van der Waals surface area contributed by atoms with Crippen molar-refractivity contribution in [3.05, 3.63) is 23.6 Å².